The zero-order chi connectivity index (χ0) is 14.7. The lowest BCUT2D eigenvalue weighted by Crippen LogP contribution is -2.07. The molecule has 1 aromatic carbocycles. The lowest BCUT2D eigenvalue weighted by Gasteiger charge is -2.11. The van der Waals surface area contributed by atoms with Crippen LogP contribution >= 0.6 is 0 Å². The van der Waals surface area contributed by atoms with Crippen molar-refractivity contribution in [3.8, 4) is 5.69 Å². The summed E-state index contributed by atoms with van der Waals surface area (Å²) in [7, 11) is 0. The van der Waals surface area contributed by atoms with E-state index in [-0.39, 0.29) is 11.5 Å². The van der Waals surface area contributed by atoms with E-state index in [4.69, 9.17) is 0 Å². The van der Waals surface area contributed by atoms with E-state index in [0.29, 0.717) is 11.3 Å². The largest absolute Gasteiger partial charge is 0.303 e. The van der Waals surface area contributed by atoms with Crippen LogP contribution in [0.5, 0.6) is 0 Å². The van der Waals surface area contributed by atoms with Gasteiger partial charge in [0, 0.05) is 36.5 Å². The summed E-state index contributed by atoms with van der Waals surface area (Å²) in [5.74, 6) is 0.628. The number of carbonyl (C=O) groups is 1. The van der Waals surface area contributed by atoms with Gasteiger partial charge in [-0.2, -0.15) is 0 Å². The van der Waals surface area contributed by atoms with Gasteiger partial charge in [-0.05, 0) is 19.4 Å². The molecule has 20 heavy (non-hydrogen) atoms. The molecular weight excluding hydrogens is 258 g/mol. The third kappa shape index (κ3) is 2.59. The van der Waals surface area contributed by atoms with Crippen molar-refractivity contribution in [2.24, 2.45) is 0 Å². The lowest BCUT2D eigenvalue weighted by atomic mass is 10.1. The zero-order valence-corrected chi connectivity index (χ0v) is 11.4. The maximum atomic E-state index is 11.7. The number of imidazole rings is 1. The normalized spacial score (nSPS) is 10.5. The molecule has 0 radical (unpaired) electrons. The van der Waals surface area contributed by atoms with Gasteiger partial charge in [-0.15, -0.1) is 0 Å². The fraction of sp³-hybridized carbons (Fsp3) is 0.286. The quantitative estimate of drug-likeness (QED) is 0.476. The first kappa shape index (κ1) is 13.9. The minimum absolute atomic E-state index is 0.0869. The Labute approximate surface area is 116 Å². The second-order valence-corrected chi connectivity index (χ2v) is 4.48. The predicted octanol–water partition coefficient (Wildman–Crippen LogP) is 2.94. The first-order valence-electron chi connectivity index (χ1n) is 6.36. The number of hydrogen-bond acceptors (Lipinski definition) is 4. The van der Waals surface area contributed by atoms with Crippen LogP contribution in [0.4, 0.5) is 5.69 Å². The molecule has 0 saturated heterocycles. The average Bonchev–Trinajstić information content (AvgIpc) is 2.86. The number of hydrogen-bond donors (Lipinski definition) is 0. The fourth-order valence-corrected chi connectivity index (χ4v) is 2.09. The number of nitrogens with zero attached hydrogens (tertiary/aromatic N) is 3. The van der Waals surface area contributed by atoms with Crippen molar-refractivity contribution in [1.82, 2.24) is 9.55 Å². The van der Waals surface area contributed by atoms with Crippen molar-refractivity contribution < 1.29 is 9.72 Å². The molecule has 1 heterocycles. The van der Waals surface area contributed by atoms with Gasteiger partial charge in [0.05, 0.1) is 10.6 Å². The fourth-order valence-electron chi connectivity index (χ4n) is 2.09. The Morgan fingerprint density at radius 2 is 2.20 bits per heavy atom. The van der Waals surface area contributed by atoms with Gasteiger partial charge >= 0.3 is 0 Å². The number of Topliss-reactive ketones (excluding diaryl/α,β-unsaturated/α-hetero) is 1. The monoisotopic (exact) mass is 273 g/mol. The minimum atomic E-state index is -0.503. The molecule has 0 aliphatic heterocycles. The zero-order valence-electron chi connectivity index (χ0n) is 11.4. The van der Waals surface area contributed by atoms with Crippen LogP contribution in [0.25, 0.3) is 5.69 Å². The summed E-state index contributed by atoms with van der Waals surface area (Å²) in [5.41, 5.74) is 0.870. The predicted molar refractivity (Wildman–Crippen MR) is 74.2 cm³/mol. The van der Waals surface area contributed by atoms with E-state index < -0.39 is 4.92 Å². The van der Waals surface area contributed by atoms with Gasteiger partial charge in [0.15, 0.2) is 5.78 Å². The van der Waals surface area contributed by atoms with Gasteiger partial charge in [-0.1, -0.05) is 6.92 Å². The van der Waals surface area contributed by atoms with Crippen molar-refractivity contribution in [3.05, 3.63) is 52.1 Å². The highest BCUT2D eigenvalue weighted by atomic mass is 16.6. The summed E-state index contributed by atoms with van der Waals surface area (Å²) in [6.07, 6.45) is 5.13. The highest BCUT2D eigenvalue weighted by Gasteiger charge is 2.16. The SMILES string of the molecule is CCCc1nccn1-c1ccc([N+](=O)[O-])cc1C(C)=O. The second-order valence-electron chi connectivity index (χ2n) is 4.48. The number of nitro groups is 1. The Bertz CT molecular complexity index is 661. The maximum Gasteiger partial charge on any atom is 0.270 e. The van der Waals surface area contributed by atoms with Crippen molar-refractivity contribution in [2.45, 2.75) is 26.7 Å². The van der Waals surface area contributed by atoms with E-state index >= 15 is 0 Å². The molecule has 2 aromatic rings. The van der Waals surface area contributed by atoms with Gasteiger partial charge in [-0.3, -0.25) is 14.9 Å². The number of carbonyl (C=O) groups excluding carboxylic acids is 1. The molecule has 0 atom stereocenters. The Morgan fingerprint density at radius 3 is 2.80 bits per heavy atom. The molecule has 0 saturated carbocycles. The minimum Gasteiger partial charge on any atom is -0.303 e. The van der Waals surface area contributed by atoms with Crippen molar-refractivity contribution in [1.29, 1.82) is 0 Å². The Balaban J connectivity index is 2.58. The van der Waals surface area contributed by atoms with Crippen LogP contribution in [0.15, 0.2) is 30.6 Å². The molecule has 6 nitrogen and oxygen atoms in total. The van der Waals surface area contributed by atoms with Crippen molar-refractivity contribution >= 4 is 11.5 Å². The summed E-state index contributed by atoms with van der Waals surface area (Å²) >= 11 is 0. The molecule has 0 spiro atoms. The van der Waals surface area contributed by atoms with Crippen LogP contribution in [-0.2, 0) is 6.42 Å². The Morgan fingerprint density at radius 1 is 1.45 bits per heavy atom. The topological polar surface area (TPSA) is 78.0 Å². The van der Waals surface area contributed by atoms with Crippen LogP contribution in [0.1, 0.15) is 36.5 Å². The summed E-state index contributed by atoms with van der Waals surface area (Å²) in [4.78, 5) is 26.3. The van der Waals surface area contributed by atoms with E-state index in [1.807, 2.05) is 11.5 Å². The Kier molecular flexibility index (Phi) is 3.93. The van der Waals surface area contributed by atoms with E-state index in [0.717, 1.165) is 18.7 Å². The molecule has 0 N–H and O–H groups in total. The van der Waals surface area contributed by atoms with E-state index in [9.17, 15) is 14.9 Å². The summed E-state index contributed by atoms with van der Waals surface area (Å²) in [6, 6.07) is 4.31. The van der Waals surface area contributed by atoms with Gasteiger partial charge in [-0.25, -0.2) is 4.98 Å². The molecule has 0 aliphatic carbocycles. The highest BCUT2D eigenvalue weighted by molar-refractivity contribution is 5.98. The van der Waals surface area contributed by atoms with Crippen LogP contribution in [0.3, 0.4) is 0 Å². The van der Waals surface area contributed by atoms with E-state index in [2.05, 4.69) is 4.98 Å². The van der Waals surface area contributed by atoms with Gasteiger partial charge in [0.1, 0.15) is 5.82 Å². The molecule has 6 heteroatoms. The molecule has 0 amide bonds. The smallest absolute Gasteiger partial charge is 0.270 e. The number of aryl methyl sites for hydroxylation is 1. The van der Waals surface area contributed by atoms with Crippen LogP contribution in [0, 0.1) is 10.1 Å². The first-order valence-corrected chi connectivity index (χ1v) is 6.36. The Hall–Kier alpha value is -2.50. The summed E-state index contributed by atoms with van der Waals surface area (Å²) in [5, 5.41) is 10.8. The number of ketones is 1. The van der Waals surface area contributed by atoms with Gasteiger partial charge in [0.25, 0.3) is 5.69 Å². The molecule has 0 unspecified atom stereocenters. The molecule has 0 fully saturated rings. The van der Waals surface area contributed by atoms with Crippen LogP contribution < -0.4 is 0 Å². The van der Waals surface area contributed by atoms with Gasteiger partial charge in [0.2, 0.25) is 0 Å². The lowest BCUT2D eigenvalue weighted by molar-refractivity contribution is -0.384. The standard InChI is InChI=1S/C14H15N3O3/c1-3-4-14-15-7-8-16(14)13-6-5-11(17(19)20)9-12(13)10(2)18/h5-9H,3-4H2,1-2H3. The van der Waals surface area contributed by atoms with Gasteiger partial charge < -0.3 is 4.57 Å². The number of nitro benzene ring substituents is 1. The third-order valence-corrected chi connectivity index (χ3v) is 3.02. The third-order valence-electron chi connectivity index (χ3n) is 3.02. The first-order chi connectivity index (χ1) is 9.54. The number of non-ortho nitro benzene ring substituents is 1. The van der Waals surface area contributed by atoms with Crippen molar-refractivity contribution in [2.75, 3.05) is 0 Å². The molecule has 0 bridgehead atoms. The number of rotatable bonds is 5. The van der Waals surface area contributed by atoms with E-state index in [1.54, 1.807) is 18.5 Å². The maximum absolute atomic E-state index is 11.7. The molecule has 1 aromatic heterocycles. The summed E-state index contributed by atoms with van der Waals surface area (Å²) < 4.78 is 1.81. The van der Waals surface area contributed by atoms with Crippen LogP contribution in [-0.4, -0.2) is 20.3 Å². The summed E-state index contributed by atoms with van der Waals surface area (Å²) in [6.45, 7) is 3.44. The number of benzene rings is 1. The second kappa shape index (κ2) is 5.64. The molecule has 0 aliphatic rings. The highest BCUT2D eigenvalue weighted by Crippen LogP contribution is 2.23. The number of aromatic nitrogens is 2. The van der Waals surface area contributed by atoms with E-state index in [1.165, 1.54) is 19.1 Å². The molecule has 104 valence electrons. The molecular formula is C14H15N3O3. The molecule has 2 rings (SSSR count). The average molecular weight is 273 g/mol. The van der Waals surface area contributed by atoms with Crippen LogP contribution in [0.2, 0.25) is 0 Å². The van der Waals surface area contributed by atoms with Crippen molar-refractivity contribution in [3.63, 3.8) is 0 Å².